The highest BCUT2D eigenvalue weighted by Crippen LogP contribution is 2.40. The summed E-state index contributed by atoms with van der Waals surface area (Å²) in [6, 6.07) is 2.76. The molecule has 0 saturated carbocycles. The molecule has 0 aliphatic carbocycles. The Labute approximate surface area is 122 Å². The molecular weight excluding hydrogens is 305 g/mol. The second-order valence-electron chi connectivity index (χ2n) is 4.08. The van der Waals surface area contributed by atoms with Crippen molar-refractivity contribution in [2.45, 2.75) is 6.18 Å². The molecular formula is C13H11F3N2O2S. The van der Waals surface area contributed by atoms with Crippen molar-refractivity contribution in [1.29, 1.82) is 0 Å². The van der Waals surface area contributed by atoms with Crippen LogP contribution in [0.1, 0.15) is 15.9 Å². The highest BCUT2D eigenvalue weighted by molar-refractivity contribution is 7.14. The average molecular weight is 316 g/mol. The Balaban J connectivity index is 2.49. The standard InChI is InChI=1S/C13H11F3N2O2S/c1-18(11-8(4-6-21-11)12(19)20-2)10-3-5-17-7-9(10)13(14,15)16/h3-7H,1-2H3. The molecule has 0 aromatic carbocycles. The van der Waals surface area contributed by atoms with Gasteiger partial charge >= 0.3 is 12.1 Å². The minimum Gasteiger partial charge on any atom is -0.465 e. The monoisotopic (exact) mass is 316 g/mol. The number of methoxy groups -OCH3 is 1. The molecule has 2 rings (SSSR count). The maximum absolute atomic E-state index is 13.0. The van der Waals surface area contributed by atoms with Crippen LogP contribution in [0.3, 0.4) is 0 Å². The molecule has 112 valence electrons. The van der Waals surface area contributed by atoms with Crippen LogP contribution in [0.2, 0.25) is 0 Å². The van der Waals surface area contributed by atoms with Crippen LogP contribution < -0.4 is 4.90 Å². The minimum atomic E-state index is -4.53. The number of hydrogen-bond donors (Lipinski definition) is 0. The third-order valence-corrected chi connectivity index (χ3v) is 3.81. The molecule has 0 aliphatic heterocycles. The lowest BCUT2D eigenvalue weighted by molar-refractivity contribution is -0.137. The first kappa shape index (κ1) is 15.3. The quantitative estimate of drug-likeness (QED) is 0.810. The summed E-state index contributed by atoms with van der Waals surface area (Å²) in [4.78, 5) is 16.5. The summed E-state index contributed by atoms with van der Waals surface area (Å²) in [5.41, 5.74) is -0.725. The molecule has 0 radical (unpaired) electrons. The van der Waals surface area contributed by atoms with Crippen molar-refractivity contribution in [3.8, 4) is 0 Å². The lowest BCUT2D eigenvalue weighted by atomic mass is 10.2. The van der Waals surface area contributed by atoms with Crippen LogP contribution in [0, 0.1) is 0 Å². The highest BCUT2D eigenvalue weighted by atomic mass is 32.1. The highest BCUT2D eigenvalue weighted by Gasteiger charge is 2.35. The molecule has 0 amide bonds. The van der Waals surface area contributed by atoms with Crippen molar-refractivity contribution in [3.63, 3.8) is 0 Å². The number of anilines is 2. The summed E-state index contributed by atoms with van der Waals surface area (Å²) in [6.07, 6.45) is -2.50. The van der Waals surface area contributed by atoms with Gasteiger partial charge in [0.25, 0.3) is 0 Å². The topological polar surface area (TPSA) is 42.4 Å². The van der Waals surface area contributed by atoms with Gasteiger partial charge in [-0.2, -0.15) is 13.2 Å². The van der Waals surface area contributed by atoms with E-state index >= 15 is 0 Å². The lowest BCUT2D eigenvalue weighted by Gasteiger charge is -2.22. The zero-order valence-electron chi connectivity index (χ0n) is 11.1. The second kappa shape index (κ2) is 5.72. The molecule has 0 spiro atoms. The molecule has 0 atom stereocenters. The van der Waals surface area contributed by atoms with Gasteiger partial charge in [0.15, 0.2) is 0 Å². The van der Waals surface area contributed by atoms with Gasteiger partial charge in [-0.25, -0.2) is 4.79 Å². The number of aromatic nitrogens is 1. The third kappa shape index (κ3) is 2.99. The van der Waals surface area contributed by atoms with E-state index in [1.54, 1.807) is 5.38 Å². The Kier molecular flexibility index (Phi) is 4.17. The molecule has 0 unspecified atom stereocenters. The first-order valence-corrected chi connectivity index (χ1v) is 6.65. The van der Waals surface area contributed by atoms with Gasteiger partial charge in [-0.3, -0.25) is 4.98 Å². The van der Waals surface area contributed by atoms with Gasteiger partial charge in [-0.1, -0.05) is 0 Å². The van der Waals surface area contributed by atoms with E-state index in [1.807, 2.05) is 0 Å². The number of carbonyl (C=O) groups excluding carboxylic acids is 1. The smallest absolute Gasteiger partial charge is 0.419 e. The van der Waals surface area contributed by atoms with Crippen LogP contribution >= 0.6 is 11.3 Å². The number of esters is 1. The van der Waals surface area contributed by atoms with Gasteiger partial charge < -0.3 is 9.64 Å². The van der Waals surface area contributed by atoms with Crippen molar-refractivity contribution < 1.29 is 22.7 Å². The van der Waals surface area contributed by atoms with Crippen LogP contribution in [0.4, 0.5) is 23.9 Å². The Morgan fingerprint density at radius 3 is 2.71 bits per heavy atom. The van der Waals surface area contributed by atoms with E-state index in [4.69, 9.17) is 0 Å². The summed E-state index contributed by atoms with van der Waals surface area (Å²) in [7, 11) is 2.68. The number of alkyl halides is 3. The molecule has 0 saturated heterocycles. The Morgan fingerprint density at radius 1 is 1.38 bits per heavy atom. The molecule has 2 aromatic heterocycles. The van der Waals surface area contributed by atoms with Crippen LogP contribution in [-0.4, -0.2) is 25.1 Å². The summed E-state index contributed by atoms with van der Waals surface area (Å²) < 4.78 is 43.7. The van der Waals surface area contributed by atoms with E-state index in [1.165, 1.54) is 37.4 Å². The SMILES string of the molecule is COC(=O)c1ccsc1N(C)c1ccncc1C(F)(F)F. The number of halogens is 3. The summed E-state index contributed by atoms with van der Waals surface area (Å²) in [5.74, 6) is -0.597. The number of thiophene rings is 1. The van der Waals surface area contributed by atoms with E-state index in [9.17, 15) is 18.0 Å². The largest absolute Gasteiger partial charge is 0.465 e. The van der Waals surface area contributed by atoms with Gasteiger partial charge in [0.1, 0.15) is 5.00 Å². The van der Waals surface area contributed by atoms with Crippen LogP contribution in [0.5, 0.6) is 0 Å². The predicted octanol–water partition coefficient (Wildman–Crippen LogP) is 3.72. The van der Waals surface area contributed by atoms with Gasteiger partial charge in [0.05, 0.1) is 23.9 Å². The van der Waals surface area contributed by atoms with E-state index < -0.39 is 17.7 Å². The third-order valence-electron chi connectivity index (χ3n) is 2.82. The van der Waals surface area contributed by atoms with Gasteiger partial charge in [0, 0.05) is 19.4 Å². The van der Waals surface area contributed by atoms with Crippen LogP contribution in [-0.2, 0) is 10.9 Å². The van der Waals surface area contributed by atoms with Crippen LogP contribution in [0.25, 0.3) is 0 Å². The number of hydrogen-bond acceptors (Lipinski definition) is 5. The molecule has 0 aliphatic rings. The second-order valence-corrected chi connectivity index (χ2v) is 4.98. The summed E-state index contributed by atoms with van der Waals surface area (Å²) in [6.45, 7) is 0. The number of nitrogens with zero attached hydrogens (tertiary/aromatic N) is 2. The number of pyridine rings is 1. The maximum Gasteiger partial charge on any atom is 0.419 e. The zero-order valence-corrected chi connectivity index (χ0v) is 12.0. The average Bonchev–Trinajstić information content (AvgIpc) is 2.94. The fourth-order valence-electron chi connectivity index (χ4n) is 1.83. The maximum atomic E-state index is 13.0. The van der Waals surface area contributed by atoms with E-state index in [0.717, 1.165) is 17.5 Å². The summed E-state index contributed by atoms with van der Waals surface area (Å²) >= 11 is 1.15. The minimum absolute atomic E-state index is 0.0786. The van der Waals surface area contributed by atoms with Gasteiger partial charge in [-0.15, -0.1) is 11.3 Å². The van der Waals surface area contributed by atoms with Crippen molar-refractivity contribution in [2.75, 3.05) is 19.1 Å². The summed E-state index contributed by atoms with van der Waals surface area (Å²) in [5, 5.41) is 1.99. The number of ether oxygens (including phenoxy) is 1. The van der Waals surface area contributed by atoms with E-state index in [0.29, 0.717) is 5.00 Å². The lowest BCUT2D eigenvalue weighted by Crippen LogP contribution is -2.18. The molecule has 2 aromatic rings. The molecule has 8 heteroatoms. The fraction of sp³-hybridized carbons (Fsp3) is 0.231. The predicted molar refractivity (Wildman–Crippen MR) is 73.0 cm³/mol. The van der Waals surface area contributed by atoms with E-state index in [2.05, 4.69) is 9.72 Å². The first-order chi connectivity index (χ1) is 9.86. The molecule has 21 heavy (non-hydrogen) atoms. The molecule has 0 bridgehead atoms. The molecule has 2 heterocycles. The Hall–Kier alpha value is -2.09. The fourth-order valence-corrected chi connectivity index (χ4v) is 2.70. The Morgan fingerprint density at radius 2 is 2.10 bits per heavy atom. The first-order valence-electron chi connectivity index (χ1n) is 5.77. The number of carbonyl (C=O) groups is 1. The normalized spacial score (nSPS) is 11.3. The number of rotatable bonds is 3. The van der Waals surface area contributed by atoms with Crippen LogP contribution in [0.15, 0.2) is 29.9 Å². The van der Waals surface area contributed by atoms with Crippen molar-refractivity contribution >= 4 is 28.0 Å². The van der Waals surface area contributed by atoms with Crippen molar-refractivity contribution in [3.05, 3.63) is 41.0 Å². The van der Waals surface area contributed by atoms with Crippen molar-refractivity contribution in [1.82, 2.24) is 4.98 Å². The van der Waals surface area contributed by atoms with Gasteiger partial charge in [-0.05, 0) is 17.5 Å². The van der Waals surface area contributed by atoms with Gasteiger partial charge in [0.2, 0.25) is 0 Å². The molecule has 0 N–H and O–H groups in total. The zero-order chi connectivity index (χ0) is 15.6. The van der Waals surface area contributed by atoms with Crippen molar-refractivity contribution in [2.24, 2.45) is 0 Å². The molecule has 4 nitrogen and oxygen atoms in total. The van der Waals surface area contributed by atoms with E-state index in [-0.39, 0.29) is 11.3 Å². The Bertz CT molecular complexity index is 655. The molecule has 0 fully saturated rings.